The van der Waals surface area contributed by atoms with Gasteiger partial charge in [-0.2, -0.15) is 0 Å². The molecule has 2 N–H and O–H groups in total. The number of nitrogens with one attached hydrogen (secondary N) is 2. The van der Waals surface area contributed by atoms with Crippen LogP contribution in [0.25, 0.3) is 21.3 Å². The molecule has 0 amide bonds. The molecule has 0 aliphatic carbocycles. The summed E-state index contributed by atoms with van der Waals surface area (Å²) in [5, 5.41) is 6.74. The number of fused-ring (bicyclic) bond motifs is 1. The lowest BCUT2D eigenvalue weighted by Gasteiger charge is -2.10. The molecular weight excluding hydrogens is 280 g/mol. The third-order valence-corrected chi connectivity index (χ3v) is 4.26. The van der Waals surface area contributed by atoms with Gasteiger partial charge in [0.05, 0.1) is 32.6 Å². The van der Waals surface area contributed by atoms with E-state index in [1.165, 1.54) is 16.0 Å². The van der Waals surface area contributed by atoms with E-state index in [1.807, 2.05) is 6.07 Å². The Morgan fingerprint density at radius 2 is 1.95 bits per heavy atom. The predicted molar refractivity (Wildman–Crippen MR) is 89.0 cm³/mol. The topological polar surface area (TPSA) is 42.2 Å². The summed E-state index contributed by atoms with van der Waals surface area (Å²) in [4.78, 5) is 11.3. The van der Waals surface area contributed by atoms with Gasteiger partial charge in [-0.15, -0.1) is 11.3 Å². The number of likely N-dealkylation sites (N-methyl/N-ethyl adjacent to an activating group) is 1. The second kappa shape index (κ2) is 6.20. The van der Waals surface area contributed by atoms with Gasteiger partial charge in [0.1, 0.15) is 17.0 Å². The smallest absolute Gasteiger partial charge is 0.139 e. The number of nitrogens with zero attached hydrogens (tertiary/aromatic N) is 2. The van der Waals surface area contributed by atoms with Crippen molar-refractivity contribution in [1.29, 1.82) is 0 Å². The summed E-state index contributed by atoms with van der Waals surface area (Å²) < 4.78 is 0. The zero-order chi connectivity index (χ0) is 14.7. The maximum atomic E-state index is 4.44. The lowest BCUT2D eigenvalue weighted by atomic mass is 10.1. The number of rotatable bonds is 5. The molecule has 0 fully saturated rings. The Bertz CT molecular complexity index is 721. The molecule has 0 aliphatic heterocycles. The minimum absolute atomic E-state index is 0.901. The Hall–Kier alpha value is -1.98. The van der Waals surface area contributed by atoms with E-state index in [0.29, 0.717) is 0 Å². The van der Waals surface area contributed by atoms with Gasteiger partial charge in [-0.25, -0.2) is 9.97 Å². The molecule has 0 radical (unpaired) electrons. The zero-order valence-electron chi connectivity index (χ0n) is 12.3. The van der Waals surface area contributed by atoms with Crippen LogP contribution in [0, 0.1) is 0 Å². The molecule has 108 valence electrons. The molecule has 1 aromatic carbocycles. The molecule has 3 aromatic rings. The van der Waals surface area contributed by atoms with Crippen molar-refractivity contribution >= 4 is 27.4 Å². The van der Waals surface area contributed by atoms with Gasteiger partial charge in [-0.3, -0.25) is 0 Å². The Kier molecular flexibility index (Phi) is 4.13. The van der Waals surface area contributed by atoms with E-state index < -0.39 is 0 Å². The maximum absolute atomic E-state index is 4.44. The molecule has 4 nitrogen and oxygen atoms in total. The number of hydrogen-bond acceptors (Lipinski definition) is 4. The number of hydrogen-bond donors (Lipinski definition) is 2. The first-order chi connectivity index (χ1) is 10.3. The van der Waals surface area contributed by atoms with Crippen LogP contribution in [0.3, 0.4) is 0 Å². The highest BCUT2D eigenvalue weighted by Crippen LogP contribution is 2.36. The Morgan fingerprint density at radius 1 is 1.14 bits per heavy atom. The average Bonchev–Trinajstić information content (AvgIpc) is 2.93. The highest BCUT2D eigenvalue weighted by molar-refractivity contribution is 7.17. The zero-order valence-corrected chi connectivity index (χ0v) is 13.1. The molecule has 0 bridgehead atoms. The van der Waals surface area contributed by atoms with Crippen molar-refractivity contribution in [2.24, 2.45) is 0 Å². The van der Waals surface area contributed by atoms with Crippen LogP contribution < -0.4 is 10.2 Å². The molecular formula is C16H19N4S+. The highest BCUT2D eigenvalue weighted by Gasteiger charge is 2.12. The largest absolute Gasteiger partial charge is 0.364 e. The van der Waals surface area contributed by atoms with E-state index in [2.05, 4.69) is 59.0 Å². The van der Waals surface area contributed by atoms with Crippen LogP contribution in [-0.4, -0.2) is 37.2 Å². The van der Waals surface area contributed by atoms with Gasteiger partial charge in [0, 0.05) is 10.9 Å². The molecule has 0 atom stereocenters. The fourth-order valence-electron chi connectivity index (χ4n) is 2.27. The average molecular weight is 299 g/mol. The van der Waals surface area contributed by atoms with Crippen molar-refractivity contribution in [2.75, 3.05) is 32.5 Å². The van der Waals surface area contributed by atoms with E-state index in [9.17, 15) is 0 Å². The van der Waals surface area contributed by atoms with Crippen LogP contribution in [0.2, 0.25) is 0 Å². The van der Waals surface area contributed by atoms with Crippen molar-refractivity contribution in [3.05, 3.63) is 42.0 Å². The standard InChI is InChI=1S/C16H18N4S/c1-20(2)9-8-17-15-14-13(12-6-4-3-5-7-12)10-21-16(14)19-11-18-15/h3-7,10-11H,8-9H2,1-2H3,(H,17,18,19)/p+1. The normalized spacial score (nSPS) is 11.2. The first-order valence-electron chi connectivity index (χ1n) is 7.06. The van der Waals surface area contributed by atoms with Crippen LogP contribution in [0.1, 0.15) is 0 Å². The fraction of sp³-hybridized carbons (Fsp3) is 0.250. The van der Waals surface area contributed by atoms with E-state index in [0.717, 1.165) is 29.1 Å². The Balaban J connectivity index is 1.99. The van der Waals surface area contributed by atoms with Gasteiger partial charge < -0.3 is 10.2 Å². The molecule has 0 saturated heterocycles. The van der Waals surface area contributed by atoms with Crippen LogP contribution in [-0.2, 0) is 0 Å². The van der Waals surface area contributed by atoms with Crippen LogP contribution >= 0.6 is 11.3 Å². The lowest BCUT2D eigenvalue weighted by molar-refractivity contribution is -0.856. The van der Waals surface area contributed by atoms with E-state index in [4.69, 9.17) is 0 Å². The molecule has 0 spiro atoms. The predicted octanol–water partition coefficient (Wildman–Crippen LogP) is 1.91. The van der Waals surface area contributed by atoms with Crippen molar-refractivity contribution in [2.45, 2.75) is 0 Å². The Labute approximate surface area is 128 Å². The maximum Gasteiger partial charge on any atom is 0.139 e. The van der Waals surface area contributed by atoms with Gasteiger partial charge in [0.25, 0.3) is 0 Å². The summed E-state index contributed by atoms with van der Waals surface area (Å²) in [5.74, 6) is 0.932. The summed E-state index contributed by atoms with van der Waals surface area (Å²) >= 11 is 1.67. The van der Waals surface area contributed by atoms with Gasteiger partial charge in [0.15, 0.2) is 0 Å². The Morgan fingerprint density at radius 3 is 2.71 bits per heavy atom. The van der Waals surface area contributed by atoms with E-state index >= 15 is 0 Å². The molecule has 2 aromatic heterocycles. The SMILES string of the molecule is C[NH+](C)CCNc1ncnc2scc(-c3ccccc3)c12. The summed E-state index contributed by atoms with van der Waals surface area (Å²) in [6.45, 7) is 1.95. The van der Waals surface area contributed by atoms with Crippen LogP contribution in [0.5, 0.6) is 0 Å². The van der Waals surface area contributed by atoms with E-state index in [1.54, 1.807) is 17.7 Å². The minimum atomic E-state index is 0.901. The second-order valence-corrected chi connectivity index (χ2v) is 6.16. The van der Waals surface area contributed by atoms with Gasteiger partial charge >= 0.3 is 0 Å². The number of anilines is 1. The number of thiophene rings is 1. The third kappa shape index (κ3) is 3.04. The third-order valence-electron chi connectivity index (χ3n) is 3.37. The van der Waals surface area contributed by atoms with Crippen molar-refractivity contribution in [3.8, 4) is 11.1 Å². The van der Waals surface area contributed by atoms with Gasteiger partial charge in [-0.05, 0) is 5.56 Å². The van der Waals surface area contributed by atoms with Crippen molar-refractivity contribution in [3.63, 3.8) is 0 Å². The molecule has 3 rings (SSSR count). The van der Waals surface area contributed by atoms with Crippen molar-refractivity contribution in [1.82, 2.24) is 9.97 Å². The second-order valence-electron chi connectivity index (χ2n) is 5.30. The van der Waals surface area contributed by atoms with Crippen LogP contribution in [0.4, 0.5) is 5.82 Å². The quantitative estimate of drug-likeness (QED) is 0.756. The fourth-order valence-corrected chi connectivity index (χ4v) is 3.19. The molecule has 5 heteroatoms. The summed E-state index contributed by atoms with van der Waals surface area (Å²) in [5.41, 5.74) is 2.41. The van der Waals surface area contributed by atoms with Gasteiger partial charge in [0.2, 0.25) is 0 Å². The molecule has 21 heavy (non-hydrogen) atoms. The monoisotopic (exact) mass is 299 g/mol. The summed E-state index contributed by atoms with van der Waals surface area (Å²) in [6.07, 6.45) is 1.64. The summed E-state index contributed by atoms with van der Waals surface area (Å²) in [7, 11) is 4.30. The minimum Gasteiger partial charge on any atom is -0.364 e. The van der Waals surface area contributed by atoms with E-state index in [-0.39, 0.29) is 0 Å². The summed E-state index contributed by atoms with van der Waals surface area (Å²) in [6, 6.07) is 10.4. The first kappa shape index (κ1) is 14.0. The van der Waals surface area contributed by atoms with Crippen molar-refractivity contribution < 1.29 is 4.90 Å². The molecule has 0 aliphatic rings. The number of benzene rings is 1. The van der Waals surface area contributed by atoms with Crippen LogP contribution in [0.15, 0.2) is 42.0 Å². The molecule has 0 saturated carbocycles. The highest BCUT2D eigenvalue weighted by atomic mass is 32.1. The first-order valence-corrected chi connectivity index (χ1v) is 7.94. The molecule has 0 unspecified atom stereocenters. The lowest BCUT2D eigenvalue weighted by Crippen LogP contribution is -3.06. The van der Waals surface area contributed by atoms with Gasteiger partial charge in [-0.1, -0.05) is 30.3 Å². The number of aromatic nitrogens is 2. The molecule has 2 heterocycles. The number of quaternary nitrogens is 1.